The van der Waals surface area contributed by atoms with E-state index >= 15 is 0 Å². The molecule has 1 aliphatic carbocycles. The van der Waals surface area contributed by atoms with E-state index in [2.05, 4.69) is 4.99 Å². The molecule has 5 nitrogen and oxygen atoms in total. The average molecular weight is 353 g/mol. The van der Waals surface area contributed by atoms with E-state index in [4.69, 9.17) is 0 Å². The topological polar surface area (TPSA) is 56.1 Å². The first-order valence-electron chi connectivity index (χ1n) is 7.68. The van der Waals surface area contributed by atoms with Crippen molar-refractivity contribution in [2.24, 2.45) is 4.99 Å². The van der Waals surface area contributed by atoms with Crippen LogP contribution >= 0.6 is 0 Å². The highest BCUT2D eigenvalue weighted by molar-refractivity contribution is 6.08. The van der Waals surface area contributed by atoms with Crippen LogP contribution in [-0.4, -0.2) is 46.6 Å². The van der Waals surface area contributed by atoms with Gasteiger partial charge in [0.1, 0.15) is 6.34 Å². The molecule has 0 spiro atoms. The summed E-state index contributed by atoms with van der Waals surface area (Å²) in [6.07, 6.45) is 4.24. The first kappa shape index (κ1) is 18.7. The second-order valence-electron chi connectivity index (χ2n) is 5.27. The molecule has 1 N–H and O–H groups in total. The van der Waals surface area contributed by atoms with Gasteiger partial charge in [-0.3, -0.25) is 10.0 Å². The molecule has 0 saturated heterocycles. The number of allylic oxidation sites excluding steroid dienone is 8. The van der Waals surface area contributed by atoms with E-state index in [-0.39, 0.29) is 16.5 Å². The molecule has 1 heterocycles. The van der Waals surface area contributed by atoms with Crippen LogP contribution < -0.4 is 0 Å². The largest absolute Gasteiger partial charge is 0.433 e. The zero-order chi connectivity index (χ0) is 18.6. The summed E-state index contributed by atoms with van der Waals surface area (Å²) in [4.78, 5) is 17.9. The summed E-state index contributed by atoms with van der Waals surface area (Å²) in [5.74, 6) is -0.232. The zero-order valence-electron chi connectivity index (χ0n) is 13.8. The van der Waals surface area contributed by atoms with E-state index in [0.29, 0.717) is 18.0 Å². The predicted octanol–water partition coefficient (Wildman–Crippen LogP) is 3.34. The van der Waals surface area contributed by atoms with Crippen molar-refractivity contribution in [2.75, 3.05) is 13.1 Å². The quantitative estimate of drug-likeness (QED) is 0.788. The second kappa shape index (κ2) is 7.52. The van der Waals surface area contributed by atoms with Gasteiger partial charge in [-0.2, -0.15) is 13.2 Å². The number of carbonyl (C=O) groups is 1. The monoisotopic (exact) mass is 353 g/mol. The Labute approximate surface area is 143 Å². The SMILES string of the molecule is CCN(CC)C1=CC(=O)C(=CC=C2C=C(C(F)(F)F)N(O)C=N2)C=C1. The van der Waals surface area contributed by atoms with Crippen molar-refractivity contribution in [3.05, 3.63) is 59.1 Å². The number of carbonyl (C=O) groups excluding carboxylic acids is 1. The summed E-state index contributed by atoms with van der Waals surface area (Å²) < 4.78 is 38.3. The second-order valence-corrected chi connectivity index (χ2v) is 5.27. The number of aliphatic imine (C=N–C) groups is 1. The third kappa shape index (κ3) is 4.48. The minimum atomic E-state index is -4.71. The van der Waals surface area contributed by atoms with Gasteiger partial charge in [0.05, 0.1) is 5.70 Å². The summed E-state index contributed by atoms with van der Waals surface area (Å²) in [6, 6.07) is 0. The average Bonchev–Trinajstić information content (AvgIpc) is 2.55. The maximum Gasteiger partial charge on any atom is 0.433 e. The molecule has 25 heavy (non-hydrogen) atoms. The van der Waals surface area contributed by atoms with Crippen molar-refractivity contribution in [3.63, 3.8) is 0 Å². The fraction of sp³-hybridized carbons (Fsp3) is 0.294. The van der Waals surface area contributed by atoms with Crippen LogP contribution in [0.4, 0.5) is 13.2 Å². The Kier molecular flexibility index (Phi) is 5.63. The van der Waals surface area contributed by atoms with E-state index < -0.39 is 11.9 Å². The Morgan fingerprint density at radius 1 is 1.20 bits per heavy atom. The molecule has 0 radical (unpaired) electrons. The first-order valence-corrected chi connectivity index (χ1v) is 7.68. The van der Waals surface area contributed by atoms with Crippen molar-refractivity contribution in [3.8, 4) is 0 Å². The molecule has 0 atom stereocenters. The van der Waals surface area contributed by atoms with Crippen LogP contribution in [0.5, 0.6) is 0 Å². The fourth-order valence-corrected chi connectivity index (χ4v) is 2.35. The van der Waals surface area contributed by atoms with Gasteiger partial charge in [0.25, 0.3) is 0 Å². The molecule has 0 aromatic rings. The lowest BCUT2D eigenvalue weighted by Gasteiger charge is -2.23. The Morgan fingerprint density at radius 3 is 2.44 bits per heavy atom. The third-order valence-electron chi connectivity index (χ3n) is 3.70. The van der Waals surface area contributed by atoms with Crippen molar-refractivity contribution in [1.29, 1.82) is 0 Å². The highest BCUT2D eigenvalue weighted by Gasteiger charge is 2.38. The number of nitrogens with zero attached hydrogens (tertiary/aromatic N) is 3. The van der Waals surface area contributed by atoms with Gasteiger partial charge in [0.15, 0.2) is 11.5 Å². The van der Waals surface area contributed by atoms with Crippen LogP contribution in [0.25, 0.3) is 0 Å². The van der Waals surface area contributed by atoms with E-state index in [1.54, 1.807) is 12.2 Å². The lowest BCUT2D eigenvalue weighted by molar-refractivity contribution is -0.138. The van der Waals surface area contributed by atoms with Gasteiger partial charge >= 0.3 is 6.18 Å². The first-order chi connectivity index (χ1) is 11.8. The van der Waals surface area contributed by atoms with Gasteiger partial charge in [-0.15, -0.1) is 0 Å². The summed E-state index contributed by atoms with van der Waals surface area (Å²) in [7, 11) is 0. The number of alkyl halides is 3. The molecular formula is C17H18F3N3O2. The van der Waals surface area contributed by atoms with Crippen LogP contribution in [0.1, 0.15) is 13.8 Å². The van der Waals surface area contributed by atoms with Crippen molar-refractivity contribution in [1.82, 2.24) is 9.96 Å². The van der Waals surface area contributed by atoms with Crippen LogP contribution in [0, 0.1) is 0 Å². The molecule has 0 unspecified atom stereocenters. The molecule has 0 saturated carbocycles. The summed E-state index contributed by atoms with van der Waals surface area (Å²) in [5.41, 5.74) is -0.135. The molecule has 0 aromatic carbocycles. The van der Waals surface area contributed by atoms with Gasteiger partial charge < -0.3 is 4.90 Å². The maximum atomic E-state index is 12.8. The van der Waals surface area contributed by atoms with E-state index in [0.717, 1.165) is 18.8 Å². The highest BCUT2D eigenvalue weighted by Crippen LogP contribution is 2.30. The lowest BCUT2D eigenvalue weighted by atomic mass is 10.0. The molecule has 0 amide bonds. The molecule has 0 bridgehead atoms. The maximum absolute atomic E-state index is 12.8. The molecule has 0 aromatic heterocycles. The Bertz CT molecular complexity index is 724. The van der Waals surface area contributed by atoms with Gasteiger partial charge in [0.2, 0.25) is 0 Å². The van der Waals surface area contributed by atoms with Gasteiger partial charge in [-0.1, -0.05) is 0 Å². The Hall–Kier alpha value is -2.61. The standard InChI is InChI=1S/C17H18F3N3O2/c1-3-22(4-2)14-8-6-12(15(24)10-14)5-7-13-9-16(17(18,19)20)23(25)11-21-13/h5-11,25H,3-4H2,1-2H3. The summed E-state index contributed by atoms with van der Waals surface area (Å²) >= 11 is 0. The molecule has 8 heteroatoms. The molecule has 0 fully saturated rings. The number of rotatable bonds is 4. The van der Waals surface area contributed by atoms with Gasteiger partial charge in [-0.05, 0) is 44.2 Å². The smallest absolute Gasteiger partial charge is 0.372 e. The minimum Gasteiger partial charge on any atom is -0.372 e. The van der Waals surface area contributed by atoms with E-state index in [1.165, 1.54) is 18.2 Å². The molecule has 2 aliphatic rings. The summed E-state index contributed by atoms with van der Waals surface area (Å²) in [5, 5.41) is 9.10. The molecule has 2 rings (SSSR count). The van der Waals surface area contributed by atoms with Crippen LogP contribution in [0.2, 0.25) is 0 Å². The normalized spacial score (nSPS) is 21.0. The van der Waals surface area contributed by atoms with Crippen molar-refractivity contribution >= 4 is 12.1 Å². The third-order valence-corrected chi connectivity index (χ3v) is 3.70. The number of likely N-dealkylation sites (N-methyl/N-ethyl adjacent to an activating group) is 1. The molecule has 134 valence electrons. The van der Waals surface area contributed by atoms with Crippen LogP contribution in [-0.2, 0) is 4.79 Å². The van der Waals surface area contributed by atoms with Crippen LogP contribution in [0.15, 0.2) is 64.1 Å². The fourth-order valence-electron chi connectivity index (χ4n) is 2.35. The van der Waals surface area contributed by atoms with E-state index in [1.807, 2.05) is 18.7 Å². The lowest BCUT2D eigenvalue weighted by Crippen LogP contribution is -2.30. The van der Waals surface area contributed by atoms with E-state index in [9.17, 15) is 23.2 Å². The van der Waals surface area contributed by atoms with Crippen LogP contribution in [0.3, 0.4) is 0 Å². The van der Waals surface area contributed by atoms with Crippen molar-refractivity contribution < 1.29 is 23.2 Å². The minimum absolute atomic E-state index is 0.0233. The number of ketones is 1. The predicted molar refractivity (Wildman–Crippen MR) is 87.6 cm³/mol. The Morgan fingerprint density at radius 2 is 1.88 bits per heavy atom. The van der Waals surface area contributed by atoms with Gasteiger partial charge in [0, 0.05) is 30.4 Å². The summed E-state index contributed by atoms with van der Waals surface area (Å²) in [6.45, 7) is 5.49. The number of hydrogen-bond donors (Lipinski definition) is 1. The zero-order valence-corrected chi connectivity index (χ0v) is 13.8. The molecule has 1 aliphatic heterocycles. The number of hydrogen-bond acceptors (Lipinski definition) is 5. The van der Waals surface area contributed by atoms with Gasteiger partial charge in [-0.25, -0.2) is 10.1 Å². The highest BCUT2D eigenvalue weighted by atomic mass is 19.4. The molecular weight excluding hydrogens is 335 g/mol. The number of halogens is 3. The Balaban J connectivity index is 2.21. The number of hydroxylamine groups is 2. The van der Waals surface area contributed by atoms with Crippen molar-refractivity contribution in [2.45, 2.75) is 20.0 Å².